The second-order valence-electron chi connectivity index (χ2n) is 10.5. The highest BCUT2D eigenvalue weighted by Crippen LogP contribution is 2.36. The van der Waals surface area contributed by atoms with E-state index < -0.39 is 5.54 Å². The van der Waals surface area contributed by atoms with Crippen LogP contribution in [0.2, 0.25) is 0 Å². The third kappa shape index (κ3) is 4.10. The molecule has 3 aromatic rings. The van der Waals surface area contributed by atoms with Crippen molar-refractivity contribution in [2.24, 2.45) is 11.8 Å². The lowest BCUT2D eigenvalue weighted by molar-refractivity contribution is -0.134. The number of hydrogen-bond donors (Lipinski definition) is 1. The lowest BCUT2D eigenvalue weighted by Gasteiger charge is -2.46. The number of nitrogens with zero attached hydrogens (tertiary/aromatic N) is 2. The molecule has 5 rings (SSSR count). The van der Waals surface area contributed by atoms with Crippen molar-refractivity contribution in [2.75, 3.05) is 7.11 Å². The van der Waals surface area contributed by atoms with Gasteiger partial charge in [0.15, 0.2) is 0 Å². The van der Waals surface area contributed by atoms with Crippen LogP contribution in [0.25, 0.3) is 11.5 Å². The third-order valence-corrected chi connectivity index (χ3v) is 8.31. The van der Waals surface area contributed by atoms with Crippen molar-refractivity contribution in [3.05, 3.63) is 66.1 Å². The molecule has 2 aromatic heterocycles. The molecule has 7 nitrogen and oxygen atoms in total. The number of nitrogens with one attached hydrogen (secondary N) is 1. The molecule has 1 N–H and O–H groups in total. The van der Waals surface area contributed by atoms with Gasteiger partial charge in [0.25, 0.3) is 5.91 Å². The molecular weight excluding hydrogens is 454 g/mol. The minimum atomic E-state index is -1.11. The van der Waals surface area contributed by atoms with E-state index in [4.69, 9.17) is 9.15 Å². The first-order chi connectivity index (χ1) is 17.3. The van der Waals surface area contributed by atoms with Gasteiger partial charge < -0.3 is 23.9 Å². The molecule has 1 aromatic carbocycles. The van der Waals surface area contributed by atoms with Crippen LogP contribution in [0.1, 0.15) is 56.1 Å². The van der Waals surface area contributed by atoms with Crippen molar-refractivity contribution in [3.8, 4) is 17.2 Å². The van der Waals surface area contributed by atoms with E-state index >= 15 is 0 Å². The van der Waals surface area contributed by atoms with Gasteiger partial charge in [0.1, 0.15) is 22.7 Å². The first-order valence-electron chi connectivity index (χ1n) is 12.8. The van der Waals surface area contributed by atoms with Crippen molar-refractivity contribution < 1.29 is 18.7 Å². The number of carbonyl (C=O) groups is 2. The van der Waals surface area contributed by atoms with E-state index in [1.807, 2.05) is 60.0 Å². The molecule has 1 fully saturated rings. The van der Waals surface area contributed by atoms with Crippen LogP contribution in [-0.2, 0) is 17.9 Å². The maximum atomic E-state index is 14.1. The van der Waals surface area contributed by atoms with Crippen LogP contribution in [-0.4, -0.2) is 40.0 Å². The Balaban J connectivity index is 1.54. The van der Waals surface area contributed by atoms with Gasteiger partial charge in [0.2, 0.25) is 5.91 Å². The molecule has 2 amide bonds. The van der Waals surface area contributed by atoms with Gasteiger partial charge in [0.05, 0.1) is 32.2 Å². The molecule has 36 heavy (non-hydrogen) atoms. The van der Waals surface area contributed by atoms with Crippen molar-refractivity contribution in [2.45, 2.75) is 64.7 Å². The van der Waals surface area contributed by atoms with Crippen LogP contribution in [0.15, 0.2) is 59.2 Å². The molecule has 0 unspecified atom stereocenters. The summed E-state index contributed by atoms with van der Waals surface area (Å²) in [6.45, 7) is 6.94. The minimum absolute atomic E-state index is 0.0943. The van der Waals surface area contributed by atoms with Crippen LogP contribution >= 0.6 is 0 Å². The zero-order valence-corrected chi connectivity index (χ0v) is 21.5. The molecule has 3 heterocycles. The molecule has 0 saturated heterocycles. The highest BCUT2D eigenvalue weighted by Gasteiger charge is 2.49. The number of hydrogen-bond acceptors (Lipinski definition) is 4. The zero-order chi connectivity index (χ0) is 25.4. The largest absolute Gasteiger partial charge is 0.496 e. The van der Waals surface area contributed by atoms with Gasteiger partial charge in [-0.3, -0.25) is 9.59 Å². The number of aromatic nitrogens is 1. The average Bonchev–Trinajstić information content (AvgIpc) is 3.55. The molecule has 190 valence electrons. The highest BCUT2D eigenvalue weighted by atomic mass is 16.5. The van der Waals surface area contributed by atoms with Gasteiger partial charge in [-0.25, -0.2) is 0 Å². The van der Waals surface area contributed by atoms with E-state index in [-0.39, 0.29) is 24.4 Å². The predicted octanol–water partition coefficient (Wildman–Crippen LogP) is 5.11. The fraction of sp³-hybridized carbons (Fsp3) is 0.448. The van der Waals surface area contributed by atoms with Crippen LogP contribution < -0.4 is 10.1 Å². The number of fused-ring (bicyclic) bond motifs is 1. The molecule has 0 spiro atoms. The first kappa shape index (κ1) is 24.2. The Morgan fingerprint density at radius 1 is 1.11 bits per heavy atom. The van der Waals surface area contributed by atoms with E-state index in [1.165, 1.54) is 6.42 Å². The quantitative estimate of drug-likeness (QED) is 0.522. The summed E-state index contributed by atoms with van der Waals surface area (Å²) in [6.07, 6.45) is 4.86. The number of benzene rings is 1. The number of furan rings is 1. The summed E-state index contributed by atoms with van der Waals surface area (Å²) in [6, 6.07) is 15.1. The lowest BCUT2D eigenvalue weighted by Crippen LogP contribution is -2.65. The Morgan fingerprint density at radius 2 is 1.89 bits per heavy atom. The van der Waals surface area contributed by atoms with Crippen molar-refractivity contribution in [3.63, 3.8) is 0 Å². The maximum absolute atomic E-state index is 14.1. The van der Waals surface area contributed by atoms with Gasteiger partial charge in [0, 0.05) is 11.6 Å². The Labute approximate surface area is 212 Å². The van der Waals surface area contributed by atoms with Crippen molar-refractivity contribution in [1.29, 1.82) is 0 Å². The summed E-state index contributed by atoms with van der Waals surface area (Å²) in [5.41, 5.74) is 1.09. The molecule has 0 radical (unpaired) electrons. The molecular formula is C29H35N3O4. The number of ether oxygens (including phenoxy) is 1. The van der Waals surface area contributed by atoms with Crippen molar-refractivity contribution >= 4 is 11.8 Å². The smallest absolute Gasteiger partial charge is 0.271 e. The summed E-state index contributed by atoms with van der Waals surface area (Å²) in [5, 5.41) is 3.35. The molecule has 2 aliphatic rings. The molecule has 4 atom stereocenters. The Kier molecular flexibility index (Phi) is 6.41. The Morgan fingerprint density at radius 3 is 2.64 bits per heavy atom. The predicted molar refractivity (Wildman–Crippen MR) is 138 cm³/mol. The van der Waals surface area contributed by atoms with Crippen LogP contribution in [0.4, 0.5) is 0 Å². The molecule has 7 heteroatoms. The zero-order valence-electron chi connectivity index (χ0n) is 21.5. The van der Waals surface area contributed by atoms with Gasteiger partial charge in [-0.1, -0.05) is 44.9 Å². The third-order valence-electron chi connectivity index (χ3n) is 8.31. The molecule has 1 saturated carbocycles. The second-order valence-corrected chi connectivity index (χ2v) is 10.5. The summed E-state index contributed by atoms with van der Waals surface area (Å²) >= 11 is 0. The van der Waals surface area contributed by atoms with E-state index in [1.54, 1.807) is 18.3 Å². The number of amides is 2. The monoisotopic (exact) mass is 489 g/mol. The lowest BCUT2D eigenvalue weighted by atomic mass is 9.77. The number of methoxy groups -OCH3 is 1. The fourth-order valence-electron chi connectivity index (χ4n) is 5.77. The molecule has 0 bridgehead atoms. The Hall–Kier alpha value is -3.48. The summed E-state index contributed by atoms with van der Waals surface area (Å²) in [5.74, 6) is 1.99. The van der Waals surface area contributed by atoms with Gasteiger partial charge in [-0.15, -0.1) is 0 Å². The highest BCUT2D eigenvalue weighted by molar-refractivity contribution is 6.00. The normalized spacial score (nSPS) is 25.9. The van der Waals surface area contributed by atoms with Crippen LogP contribution in [0.3, 0.4) is 0 Å². The van der Waals surface area contributed by atoms with Crippen molar-refractivity contribution in [1.82, 2.24) is 14.8 Å². The maximum Gasteiger partial charge on any atom is 0.271 e. The summed E-state index contributed by atoms with van der Waals surface area (Å²) in [4.78, 5) is 29.8. The fourth-order valence-corrected chi connectivity index (χ4v) is 5.77. The van der Waals surface area contributed by atoms with Gasteiger partial charge in [-0.05, 0) is 55.5 Å². The standard InChI is InChI=1S/C29H35N3O4/c1-19-9-7-11-22(20(19)2)30-28(34)29(3)18-31-23(26-13-8-16-36-26)14-15-24(31)27(33)32(29)17-21-10-5-6-12-25(21)35-4/h5-6,8,10,12-16,19-20,22H,7,9,11,17-18H2,1-4H3,(H,30,34)/t19-,20+,22-,29-/m1/s1. The number of carbonyl (C=O) groups excluding carboxylic acids is 2. The average molecular weight is 490 g/mol. The molecule has 1 aliphatic heterocycles. The number of para-hydroxylation sites is 1. The van der Waals surface area contributed by atoms with E-state index in [9.17, 15) is 9.59 Å². The SMILES string of the molecule is COc1ccccc1CN1C(=O)c2ccc(-c3ccco3)n2C[C@]1(C)C(=O)N[C@@H]1CCC[C@@H](C)[C@@H]1C. The van der Waals surface area contributed by atoms with Gasteiger partial charge >= 0.3 is 0 Å². The van der Waals surface area contributed by atoms with Gasteiger partial charge in [-0.2, -0.15) is 0 Å². The first-order valence-corrected chi connectivity index (χ1v) is 12.8. The summed E-state index contributed by atoms with van der Waals surface area (Å²) < 4.78 is 13.1. The number of rotatable bonds is 6. The summed E-state index contributed by atoms with van der Waals surface area (Å²) in [7, 11) is 1.62. The van der Waals surface area contributed by atoms with Crippen LogP contribution in [0, 0.1) is 11.8 Å². The van der Waals surface area contributed by atoms with E-state index in [0.29, 0.717) is 35.6 Å². The second kappa shape index (κ2) is 9.52. The Bertz CT molecular complexity index is 1250. The molecule has 1 aliphatic carbocycles. The van der Waals surface area contributed by atoms with Crippen LogP contribution in [0.5, 0.6) is 5.75 Å². The topological polar surface area (TPSA) is 76.7 Å². The van der Waals surface area contributed by atoms with E-state index in [2.05, 4.69) is 19.2 Å². The van der Waals surface area contributed by atoms with E-state index in [0.717, 1.165) is 24.1 Å². The minimum Gasteiger partial charge on any atom is -0.496 e.